The molecule has 0 aliphatic heterocycles. The number of unbranched alkanes of at least 4 members (excludes halogenated alkanes) is 2. The molecule has 0 atom stereocenters. The molecule has 0 heteroatoms. The fourth-order valence-electron chi connectivity index (χ4n) is 3.12. The van der Waals surface area contributed by atoms with Crippen LogP contribution in [0.25, 0.3) is 0 Å². The Morgan fingerprint density at radius 2 is 0.724 bits per heavy atom. The molecule has 0 saturated heterocycles. The number of hydrogen-bond acceptors (Lipinski definition) is 0. The zero-order valence-electron chi connectivity index (χ0n) is 20.6. The predicted octanol–water partition coefficient (Wildman–Crippen LogP) is 10.2. The zero-order valence-corrected chi connectivity index (χ0v) is 20.6. The maximum Gasteiger partial charge on any atom is -0.0288 e. The molecule has 0 radical (unpaired) electrons. The third kappa shape index (κ3) is 21.0. The van der Waals surface area contributed by atoms with Gasteiger partial charge in [0.1, 0.15) is 0 Å². The van der Waals surface area contributed by atoms with Crippen molar-refractivity contribution in [2.24, 2.45) is 0 Å². The molecule has 0 aliphatic carbocycles. The molecule has 0 nitrogen and oxygen atoms in total. The largest absolute Gasteiger partial charge is 0.0882 e. The number of rotatable bonds is 15. The lowest BCUT2D eigenvalue weighted by atomic mass is 10.0. The van der Waals surface area contributed by atoms with Crippen LogP contribution in [0, 0.1) is 0 Å². The first-order chi connectivity index (χ1) is 13.8. The van der Waals surface area contributed by atoms with Crippen molar-refractivity contribution < 1.29 is 0 Å². The Morgan fingerprint density at radius 1 is 0.379 bits per heavy atom. The minimum atomic E-state index is 1.17. The van der Waals surface area contributed by atoms with Crippen molar-refractivity contribution in [1.82, 2.24) is 0 Å². The monoisotopic (exact) mass is 396 g/mol. The molecule has 0 heterocycles. The van der Waals surface area contributed by atoms with Crippen molar-refractivity contribution in [2.45, 2.75) is 113 Å². The molecule has 0 unspecified atom stereocenters. The Balaban J connectivity index is 3.93. The SMILES string of the molecule is CC(C)=CCC/C=C/CCC(C)=CCC/C=C(\C)CCC=C(C)CCC=C(C)C. The van der Waals surface area contributed by atoms with Crippen LogP contribution in [0.1, 0.15) is 113 Å². The van der Waals surface area contributed by atoms with Gasteiger partial charge >= 0.3 is 0 Å². The van der Waals surface area contributed by atoms with Crippen LogP contribution in [0.15, 0.2) is 70.4 Å². The van der Waals surface area contributed by atoms with E-state index in [2.05, 4.69) is 91.0 Å². The van der Waals surface area contributed by atoms with Crippen LogP contribution in [0.3, 0.4) is 0 Å². The lowest BCUT2D eigenvalue weighted by Crippen LogP contribution is -1.81. The molecule has 0 fully saturated rings. The maximum atomic E-state index is 2.43. The van der Waals surface area contributed by atoms with E-state index in [0.29, 0.717) is 0 Å². The van der Waals surface area contributed by atoms with Crippen LogP contribution >= 0.6 is 0 Å². The first-order valence-electron chi connectivity index (χ1n) is 11.7. The number of hydrogen-bond donors (Lipinski definition) is 0. The van der Waals surface area contributed by atoms with Gasteiger partial charge in [-0.25, -0.2) is 0 Å². The fourth-order valence-corrected chi connectivity index (χ4v) is 3.12. The number of allylic oxidation sites excluding steroid dienone is 12. The summed E-state index contributed by atoms with van der Waals surface area (Å²) >= 11 is 0. The van der Waals surface area contributed by atoms with E-state index >= 15 is 0 Å². The Morgan fingerprint density at radius 3 is 1.24 bits per heavy atom. The molecule has 0 aromatic heterocycles. The standard InChI is InChI=1S/C29H48/c1-25(2)17-11-9-8-10-12-19-27(5)20-13-14-21-28(6)23-16-24-29(7)22-15-18-26(3)4/h8,10,17-18,20-21,24H,9,11-16,19,22-23H2,1-7H3/b10-8+,27-20?,28-21+,29-24?. The summed E-state index contributed by atoms with van der Waals surface area (Å²) in [5.41, 5.74) is 7.43. The topological polar surface area (TPSA) is 0 Å². The second kappa shape index (κ2) is 18.5. The van der Waals surface area contributed by atoms with Gasteiger partial charge in [0.05, 0.1) is 0 Å². The van der Waals surface area contributed by atoms with E-state index in [-0.39, 0.29) is 0 Å². The van der Waals surface area contributed by atoms with Gasteiger partial charge < -0.3 is 0 Å². The van der Waals surface area contributed by atoms with Gasteiger partial charge in [-0.1, -0.05) is 70.4 Å². The average Bonchev–Trinajstić information content (AvgIpc) is 2.64. The minimum absolute atomic E-state index is 1.17. The van der Waals surface area contributed by atoms with E-state index in [9.17, 15) is 0 Å². The van der Waals surface area contributed by atoms with Crippen molar-refractivity contribution in [3.8, 4) is 0 Å². The first kappa shape index (κ1) is 27.4. The van der Waals surface area contributed by atoms with Crippen LogP contribution in [0.5, 0.6) is 0 Å². The van der Waals surface area contributed by atoms with E-state index in [1.54, 1.807) is 0 Å². The Hall–Kier alpha value is -1.56. The predicted molar refractivity (Wildman–Crippen MR) is 135 cm³/mol. The van der Waals surface area contributed by atoms with Crippen molar-refractivity contribution in [3.05, 3.63) is 70.4 Å². The van der Waals surface area contributed by atoms with Gasteiger partial charge in [0.15, 0.2) is 0 Å². The van der Waals surface area contributed by atoms with Crippen LogP contribution in [-0.2, 0) is 0 Å². The van der Waals surface area contributed by atoms with Gasteiger partial charge in [-0.3, -0.25) is 0 Å². The quantitative estimate of drug-likeness (QED) is 0.191. The summed E-state index contributed by atoms with van der Waals surface area (Å²) < 4.78 is 0. The van der Waals surface area contributed by atoms with Crippen molar-refractivity contribution in [2.75, 3.05) is 0 Å². The van der Waals surface area contributed by atoms with E-state index in [1.807, 2.05) is 0 Å². The van der Waals surface area contributed by atoms with Crippen LogP contribution in [0.2, 0.25) is 0 Å². The third-order valence-corrected chi connectivity index (χ3v) is 5.03. The van der Waals surface area contributed by atoms with E-state index < -0.39 is 0 Å². The molecule has 0 bridgehead atoms. The highest BCUT2D eigenvalue weighted by molar-refractivity contribution is 5.06. The summed E-state index contributed by atoms with van der Waals surface area (Å²) in [7, 11) is 0. The summed E-state index contributed by atoms with van der Waals surface area (Å²) in [4.78, 5) is 0. The normalized spacial score (nSPS) is 13.1. The summed E-state index contributed by atoms with van der Waals surface area (Å²) in [6.45, 7) is 15.5. The lowest BCUT2D eigenvalue weighted by Gasteiger charge is -2.02. The third-order valence-electron chi connectivity index (χ3n) is 5.03. The van der Waals surface area contributed by atoms with Gasteiger partial charge in [0.25, 0.3) is 0 Å². The minimum Gasteiger partial charge on any atom is -0.0882 e. The van der Waals surface area contributed by atoms with E-state index in [0.717, 1.165) is 0 Å². The zero-order chi connectivity index (χ0) is 21.9. The average molecular weight is 397 g/mol. The summed E-state index contributed by atoms with van der Waals surface area (Å²) in [6.07, 6.45) is 28.4. The lowest BCUT2D eigenvalue weighted by molar-refractivity contribution is 0.901. The highest BCUT2D eigenvalue weighted by Gasteiger charge is 1.93. The van der Waals surface area contributed by atoms with Crippen molar-refractivity contribution in [1.29, 1.82) is 0 Å². The molecule has 29 heavy (non-hydrogen) atoms. The van der Waals surface area contributed by atoms with Crippen LogP contribution < -0.4 is 0 Å². The Kier molecular flexibility index (Phi) is 17.5. The smallest absolute Gasteiger partial charge is 0.0288 e. The molecule has 164 valence electrons. The van der Waals surface area contributed by atoms with Gasteiger partial charge in [0.2, 0.25) is 0 Å². The molecular formula is C29H48. The fraction of sp³-hybridized carbons (Fsp3) is 0.586. The molecule has 0 aromatic rings. The highest BCUT2D eigenvalue weighted by Crippen LogP contribution is 2.13. The second-order valence-electron chi connectivity index (χ2n) is 8.96. The van der Waals surface area contributed by atoms with Crippen LogP contribution in [0.4, 0.5) is 0 Å². The summed E-state index contributed by atoms with van der Waals surface area (Å²) in [5, 5.41) is 0. The van der Waals surface area contributed by atoms with E-state index in [1.165, 1.54) is 92.1 Å². The van der Waals surface area contributed by atoms with Gasteiger partial charge in [-0.05, 0) is 113 Å². The second-order valence-corrected chi connectivity index (χ2v) is 8.96. The molecule has 0 saturated carbocycles. The first-order valence-corrected chi connectivity index (χ1v) is 11.7. The molecule has 0 aliphatic rings. The molecular weight excluding hydrogens is 348 g/mol. The Bertz CT molecular complexity index is 594. The Labute approximate surface area is 183 Å². The highest BCUT2D eigenvalue weighted by atomic mass is 14.0. The molecule has 0 amide bonds. The molecule has 0 spiro atoms. The van der Waals surface area contributed by atoms with Gasteiger partial charge in [-0.15, -0.1) is 0 Å². The summed E-state index contributed by atoms with van der Waals surface area (Å²) in [6, 6.07) is 0. The van der Waals surface area contributed by atoms with E-state index in [4.69, 9.17) is 0 Å². The van der Waals surface area contributed by atoms with Gasteiger partial charge in [-0.2, -0.15) is 0 Å². The van der Waals surface area contributed by atoms with Crippen molar-refractivity contribution >= 4 is 0 Å². The summed E-state index contributed by atoms with van der Waals surface area (Å²) in [5.74, 6) is 0. The maximum absolute atomic E-state index is 2.43. The molecule has 0 aromatic carbocycles. The van der Waals surface area contributed by atoms with Gasteiger partial charge in [0, 0.05) is 0 Å². The van der Waals surface area contributed by atoms with Crippen LogP contribution in [-0.4, -0.2) is 0 Å². The molecule has 0 N–H and O–H groups in total. The molecule has 0 rings (SSSR count). The van der Waals surface area contributed by atoms with Crippen molar-refractivity contribution in [3.63, 3.8) is 0 Å².